The van der Waals surface area contributed by atoms with E-state index >= 15 is 0 Å². The molecule has 0 saturated heterocycles. The van der Waals surface area contributed by atoms with E-state index in [-0.39, 0.29) is 23.4 Å². The molecule has 5 rings (SSSR count). The van der Waals surface area contributed by atoms with E-state index in [0.717, 1.165) is 27.6 Å². The lowest BCUT2D eigenvalue weighted by molar-refractivity contribution is 0.0695. The van der Waals surface area contributed by atoms with Crippen molar-refractivity contribution in [3.05, 3.63) is 97.5 Å². The van der Waals surface area contributed by atoms with E-state index in [1.165, 1.54) is 0 Å². The Morgan fingerprint density at radius 3 is 2.71 bits per heavy atom. The number of hydrogen-bond donors (Lipinski definition) is 2. The molecule has 5 nitrogen and oxygen atoms in total. The van der Waals surface area contributed by atoms with E-state index in [1.807, 2.05) is 36.4 Å². The van der Waals surface area contributed by atoms with Crippen LogP contribution in [0.5, 0.6) is 11.5 Å². The minimum Gasteiger partial charge on any atom is -0.493 e. The Hall–Kier alpha value is -2.67. The zero-order valence-corrected chi connectivity index (χ0v) is 21.8. The van der Waals surface area contributed by atoms with Gasteiger partial charge in [0.1, 0.15) is 6.61 Å². The Labute approximate surface area is 221 Å². The molecule has 8 heteroatoms. The van der Waals surface area contributed by atoms with E-state index in [9.17, 15) is 9.90 Å². The topological polar surface area (TPSA) is 67.8 Å². The predicted octanol–water partition coefficient (Wildman–Crippen LogP) is 7.87. The molecular weight excluding hydrogens is 553 g/mol. The fourth-order valence-corrected chi connectivity index (χ4v) is 6.00. The van der Waals surface area contributed by atoms with Crippen molar-refractivity contribution in [2.75, 3.05) is 12.4 Å². The normalized spacial score (nSPS) is 20.1. The molecule has 3 aromatic rings. The van der Waals surface area contributed by atoms with Gasteiger partial charge in [0.05, 0.1) is 33.9 Å². The summed E-state index contributed by atoms with van der Waals surface area (Å²) >= 11 is 16.5. The van der Waals surface area contributed by atoms with Crippen LogP contribution in [0.1, 0.15) is 45.4 Å². The van der Waals surface area contributed by atoms with E-state index in [1.54, 1.807) is 19.2 Å². The minimum atomic E-state index is -0.957. The number of methoxy groups -OCH3 is 1. The number of carbonyl (C=O) groups is 1. The predicted molar refractivity (Wildman–Crippen MR) is 141 cm³/mol. The van der Waals surface area contributed by atoms with Crippen molar-refractivity contribution in [3.63, 3.8) is 0 Å². The maximum absolute atomic E-state index is 11.9. The lowest BCUT2D eigenvalue weighted by Gasteiger charge is -2.38. The second-order valence-electron chi connectivity index (χ2n) is 8.58. The van der Waals surface area contributed by atoms with E-state index in [4.69, 9.17) is 32.7 Å². The Balaban J connectivity index is 1.51. The Bertz CT molecular complexity index is 1340. The van der Waals surface area contributed by atoms with Crippen LogP contribution in [0.15, 0.2) is 65.2 Å². The first-order valence-corrected chi connectivity index (χ1v) is 12.7. The lowest BCUT2D eigenvalue weighted by atomic mass is 9.75. The smallest absolute Gasteiger partial charge is 0.336 e. The summed E-state index contributed by atoms with van der Waals surface area (Å²) in [5.41, 5.74) is 3.55. The monoisotopic (exact) mass is 573 g/mol. The zero-order chi connectivity index (χ0) is 24.7. The standard InChI is InChI=1S/C27H22BrCl2NO4/c1-34-22-12-15(11-19(28)26(22)35-13-14-5-2-3-8-20(14)29)24-17-7-4-6-16(17)23-18(27(32)33)9-10-21(30)25(23)31-24/h2-6,8-12,16-17,24,31H,7,13H2,1H3,(H,32,33)/t16-,17-,24-/m0/s1. The van der Waals surface area contributed by atoms with Crippen molar-refractivity contribution in [3.8, 4) is 11.5 Å². The number of rotatable bonds is 6. The third kappa shape index (κ3) is 4.39. The number of hydrogen-bond acceptors (Lipinski definition) is 4. The fraction of sp³-hybridized carbons (Fsp3) is 0.222. The second-order valence-corrected chi connectivity index (χ2v) is 10.2. The molecule has 0 spiro atoms. The fourth-order valence-electron chi connectivity index (χ4n) is 5.02. The number of anilines is 1. The van der Waals surface area contributed by atoms with Crippen LogP contribution in [0.3, 0.4) is 0 Å². The number of benzene rings is 3. The summed E-state index contributed by atoms with van der Waals surface area (Å²) < 4.78 is 12.5. The molecule has 180 valence electrons. The summed E-state index contributed by atoms with van der Waals surface area (Å²) in [7, 11) is 1.60. The molecule has 0 fully saturated rings. The summed E-state index contributed by atoms with van der Waals surface area (Å²) in [6, 6.07) is 14.6. The number of carboxylic acid groups (broad SMARTS) is 1. The first-order valence-electron chi connectivity index (χ1n) is 11.1. The maximum Gasteiger partial charge on any atom is 0.336 e. The van der Waals surface area contributed by atoms with E-state index in [0.29, 0.717) is 33.8 Å². The van der Waals surface area contributed by atoms with Gasteiger partial charge in [-0.15, -0.1) is 0 Å². The molecule has 1 aliphatic heterocycles. The first kappa shape index (κ1) is 24.0. The van der Waals surface area contributed by atoms with Crippen LogP contribution < -0.4 is 14.8 Å². The van der Waals surface area contributed by atoms with Gasteiger partial charge in [0, 0.05) is 16.5 Å². The largest absolute Gasteiger partial charge is 0.493 e. The van der Waals surface area contributed by atoms with Crippen molar-refractivity contribution in [1.82, 2.24) is 0 Å². The minimum absolute atomic E-state index is 0.0537. The van der Waals surface area contributed by atoms with Crippen LogP contribution in [0, 0.1) is 5.92 Å². The highest BCUT2D eigenvalue weighted by molar-refractivity contribution is 9.10. The molecule has 2 aliphatic rings. The van der Waals surface area contributed by atoms with Crippen LogP contribution in [-0.2, 0) is 6.61 Å². The highest BCUT2D eigenvalue weighted by atomic mass is 79.9. The van der Waals surface area contributed by atoms with Crippen LogP contribution in [0.2, 0.25) is 10.0 Å². The van der Waals surface area contributed by atoms with Crippen LogP contribution in [0.25, 0.3) is 0 Å². The van der Waals surface area contributed by atoms with Gasteiger partial charge in [0.2, 0.25) is 0 Å². The first-order chi connectivity index (χ1) is 16.9. The highest BCUT2D eigenvalue weighted by Crippen LogP contribution is 2.53. The summed E-state index contributed by atoms with van der Waals surface area (Å²) in [5, 5.41) is 14.5. The molecule has 1 heterocycles. The molecule has 2 N–H and O–H groups in total. The third-order valence-electron chi connectivity index (χ3n) is 6.64. The number of fused-ring (bicyclic) bond motifs is 3. The molecule has 1 aliphatic carbocycles. The number of nitrogens with one attached hydrogen (secondary N) is 1. The van der Waals surface area contributed by atoms with Crippen molar-refractivity contribution >= 4 is 50.8 Å². The third-order valence-corrected chi connectivity index (χ3v) is 7.91. The average molecular weight is 575 g/mol. The number of carboxylic acids is 1. The summed E-state index contributed by atoms with van der Waals surface area (Å²) in [5.74, 6) is 0.288. The van der Waals surface area contributed by atoms with Gasteiger partial charge < -0.3 is 19.9 Å². The van der Waals surface area contributed by atoms with Crippen LogP contribution in [-0.4, -0.2) is 18.2 Å². The Kier molecular flexibility index (Phi) is 6.71. The van der Waals surface area contributed by atoms with Crippen molar-refractivity contribution < 1.29 is 19.4 Å². The highest BCUT2D eigenvalue weighted by Gasteiger charge is 2.41. The van der Waals surface area contributed by atoms with Crippen molar-refractivity contribution in [2.45, 2.75) is 25.0 Å². The van der Waals surface area contributed by atoms with Gasteiger partial charge in [0.15, 0.2) is 11.5 Å². The van der Waals surface area contributed by atoms with Gasteiger partial charge in [-0.1, -0.05) is 53.6 Å². The SMILES string of the molecule is COc1cc([C@@H]2Nc3c(Cl)ccc(C(=O)O)c3[C@H]3C=CC[C@@H]32)cc(Br)c1OCc1ccccc1Cl. The van der Waals surface area contributed by atoms with Crippen molar-refractivity contribution in [2.24, 2.45) is 5.92 Å². The Morgan fingerprint density at radius 1 is 1.17 bits per heavy atom. The van der Waals surface area contributed by atoms with Gasteiger partial charge >= 0.3 is 5.97 Å². The van der Waals surface area contributed by atoms with Crippen molar-refractivity contribution in [1.29, 1.82) is 0 Å². The molecule has 0 amide bonds. The Morgan fingerprint density at radius 2 is 1.97 bits per heavy atom. The summed E-state index contributed by atoms with van der Waals surface area (Å²) in [6.45, 7) is 0.297. The number of aromatic carboxylic acids is 1. The molecule has 0 radical (unpaired) electrons. The number of allylic oxidation sites excluding steroid dienone is 2. The molecule has 3 aromatic carbocycles. The van der Waals surface area contributed by atoms with Crippen LogP contribution >= 0.6 is 39.1 Å². The van der Waals surface area contributed by atoms with Crippen LogP contribution in [0.4, 0.5) is 5.69 Å². The number of halogens is 3. The summed E-state index contributed by atoms with van der Waals surface area (Å²) in [4.78, 5) is 11.9. The second kappa shape index (κ2) is 9.76. The average Bonchev–Trinajstić information content (AvgIpc) is 3.33. The maximum atomic E-state index is 11.9. The molecule has 0 unspecified atom stereocenters. The molecule has 0 saturated carbocycles. The lowest BCUT2D eigenvalue weighted by Crippen LogP contribution is -2.30. The molecule has 35 heavy (non-hydrogen) atoms. The van der Waals surface area contributed by atoms with E-state index < -0.39 is 5.97 Å². The van der Waals surface area contributed by atoms with Gasteiger partial charge in [-0.25, -0.2) is 4.79 Å². The molecular formula is C27H22BrCl2NO4. The van der Waals surface area contributed by atoms with Gasteiger partial charge in [-0.2, -0.15) is 0 Å². The molecule has 0 bridgehead atoms. The molecule has 0 aromatic heterocycles. The summed E-state index contributed by atoms with van der Waals surface area (Å²) in [6.07, 6.45) is 5.02. The van der Waals surface area contributed by atoms with Gasteiger partial charge in [-0.05, 0) is 69.7 Å². The molecule has 3 atom stereocenters. The number of ether oxygens (including phenoxy) is 2. The van der Waals surface area contributed by atoms with Gasteiger partial charge in [0.25, 0.3) is 0 Å². The van der Waals surface area contributed by atoms with Gasteiger partial charge in [-0.3, -0.25) is 0 Å². The zero-order valence-electron chi connectivity index (χ0n) is 18.7. The quantitative estimate of drug-likeness (QED) is 0.293. The van der Waals surface area contributed by atoms with E-state index in [2.05, 4.69) is 33.4 Å².